The highest BCUT2D eigenvalue weighted by atomic mass is 16.4. The molecule has 0 fully saturated rings. The summed E-state index contributed by atoms with van der Waals surface area (Å²) in [7, 11) is 3.12. The van der Waals surface area contributed by atoms with Gasteiger partial charge in [0.2, 0.25) is 5.91 Å². The maximum Gasteiger partial charge on any atom is 0.317 e. The Kier molecular flexibility index (Phi) is 7.50. The van der Waals surface area contributed by atoms with Gasteiger partial charge in [-0.05, 0) is 13.3 Å². The molecule has 0 aromatic rings. The van der Waals surface area contributed by atoms with Crippen LogP contribution in [0.3, 0.4) is 0 Å². The number of amides is 3. The monoisotopic (exact) mass is 259 g/mol. The molecule has 0 heterocycles. The van der Waals surface area contributed by atoms with E-state index in [1.54, 1.807) is 14.0 Å². The number of hydrogen-bond donors (Lipinski definition) is 3. The van der Waals surface area contributed by atoms with E-state index in [1.165, 1.54) is 11.9 Å². The minimum atomic E-state index is -0.885. The lowest BCUT2D eigenvalue weighted by Gasteiger charge is -2.20. The zero-order valence-electron chi connectivity index (χ0n) is 11.0. The van der Waals surface area contributed by atoms with Gasteiger partial charge in [0.05, 0.1) is 0 Å². The van der Waals surface area contributed by atoms with Crippen molar-refractivity contribution in [1.29, 1.82) is 0 Å². The van der Waals surface area contributed by atoms with E-state index < -0.39 is 5.97 Å². The van der Waals surface area contributed by atoms with Crippen molar-refractivity contribution in [3.05, 3.63) is 0 Å². The van der Waals surface area contributed by atoms with Crippen LogP contribution in [-0.4, -0.2) is 54.6 Å². The molecule has 0 aliphatic rings. The van der Waals surface area contributed by atoms with Gasteiger partial charge >= 0.3 is 12.0 Å². The quantitative estimate of drug-likeness (QED) is 0.600. The second kappa shape index (κ2) is 8.32. The third-order valence-electron chi connectivity index (χ3n) is 2.46. The largest absolute Gasteiger partial charge is 0.481 e. The summed E-state index contributed by atoms with van der Waals surface area (Å²) in [6.07, 6.45) is 0.637. The normalized spacial score (nSPS) is 11.5. The Morgan fingerprint density at radius 1 is 1.28 bits per heavy atom. The molecule has 0 saturated heterocycles. The Labute approximate surface area is 107 Å². The summed E-state index contributed by atoms with van der Waals surface area (Å²) in [4.78, 5) is 34.4. The molecule has 0 aliphatic heterocycles. The Bertz CT molecular complexity index is 307. The summed E-state index contributed by atoms with van der Waals surface area (Å²) in [6.45, 7) is 2.06. The zero-order valence-corrected chi connectivity index (χ0v) is 11.0. The van der Waals surface area contributed by atoms with E-state index in [0.29, 0.717) is 13.0 Å². The topological polar surface area (TPSA) is 98.7 Å². The first-order valence-electron chi connectivity index (χ1n) is 5.80. The van der Waals surface area contributed by atoms with E-state index in [0.717, 1.165) is 0 Å². The van der Waals surface area contributed by atoms with Crippen molar-refractivity contribution in [2.45, 2.75) is 32.2 Å². The Hall–Kier alpha value is -1.79. The lowest BCUT2D eigenvalue weighted by atomic mass is 10.2. The lowest BCUT2D eigenvalue weighted by Crippen LogP contribution is -2.43. The van der Waals surface area contributed by atoms with Gasteiger partial charge in [-0.15, -0.1) is 0 Å². The van der Waals surface area contributed by atoms with Gasteiger partial charge in [-0.2, -0.15) is 0 Å². The van der Waals surface area contributed by atoms with Crippen molar-refractivity contribution in [1.82, 2.24) is 15.5 Å². The van der Waals surface area contributed by atoms with Gasteiger partial charge in [-0.3, -0.25) is 9.59 Å². The molecule has 18 heavy (non-hydrogen) atoms. The van der Waals surface area contributed by atoms with Crippen LogP contribution in [0.2, 0.25) is 0 Å². The predicted molar refractivity (Wildman–Crippen MR) is 66.2 cm³/mol. The summed E-state index contributed by atoms with van der Waals surface area (Å²) in [5.74, 6) is -1.02. The van der Waals surface area contributed by atoms with Gasteiger partial charge in [-0.1, -0.05) is 0 Å². The van der Waals surface area contributed by atoms with Crippen LogP contribution >= 0.6 is 0 Å². The van der Waals surface area contributed by atoms with Crippen molar-refractivity contribution in [3.63, 3.8) is 0 Å². The van der Waals surface area contributed by atoms with Crippen LogP contribution in [-0.2, 0) is 9.59 Å². The van der Waals surface area contributed by atoms with Crippen molar-refractivity contribution in [3.8, 4) is 0 Å². The number of urea groups is 1. The molecule has 104 valence electrons. The molecule has 0 aromatic heterocycles. The van der Waals surface area contributed by atoms with Crippen LogP contribution in [0.5, 0.6) is 0 Å². The third-order valence-corrected chi connectivity index (χ3v) is 2.46. The summed E-state index contributed by atoms with van der Waals surface area (Å²) < 4.78 is 0. The van der Waals surface area contributed by atoms with E-state index in [2.05, 4.69) is 10.6 Å². The molecule has 0 aromatic carbocycles. The zero-order chi connectivity index (χ0) is 14.1. The van der Waals surface area contributed by atoms with Crippen LogP contribution in [0.15, 0.2) is 0 Å². The fraction of sp³-hybridized carbons (Fsp3) is 0.727. The average molecular weight is 259 g/mol. The standard InChI is InChI=1S/C11H21N3O4/c1-8(4-5-10(16)17)13-11(18)14(3)7-6-9(15)12-2/h8H,4-7H2,1-3H3,(H,12,15)(H,13,18)(H,16,17). The Morgan fingerprint density at radius 3 is 2.39 bits per heavy atom. The molecule has 0 saturated carbocycles. The number of rotatable bonds is 7. The molecule has 1 atom stereocenters. The summed E-state index contributed by atoms with van der Waals surface area (Å²) in [5, 5.41) is 13.6. The first-order chi connectivity index (χ1) is 8.36. The molecule has 0 spiro atoms. The SMILES string of the molecule is CNC(=O)CCN(C)C(=O)NC(C)CCC(=O)O. The van der Waals surface area contributed by atoms with Gasteiger partial charge in [0.25, 0.3) is 0 Å². The van der Waals surface area contributed by atoms with Gasteiger partial charge in [0.15, 0.2) is 0 Å². The van der Waals surface area contributed by atoms with Crippen LogP contribution in [0.25, 0.3) is 0 Å². The first-order valence-corrected chi connectivity index (χ1v) is 5.80. The number of carboxylic acids is 1. The molecule has 0 radical (unpaired) electrons. The second-order valence-corrected chi connectivity index (χ2v) is 4.13. The third kappa shape index (κ3) is 7.48. The number of nitrogens with one attached hydrogen (secondary N) is 2. The smallest absolute Gasteiger partial charge is 0.317 e. The van der Waals surface area contributed by atoms with Crippen molar-refractivity contribution in [2.75, 3.05) is 20.6 Å². The second-order valence-electron chi connectivity index (χ2n) is 4.13. The maximum absolute atomic E-state index is 11.6. The van der Waals surface area contributed by atoms with Gasteiger partial charge < -0.3 is 20.6 Å². The molecule has 0 aliphatic carbocycles. The molecule has 3 N–H and O–H groups in total. The van der Waals surface area contributed by atoms with Gasteiger partial charge in [0.1, 0.15) is 0 Å². The van der Waals surface area contributed by atoms with Crippen molar-refractivity contribution in [2.24, 2.45) is 0 Å². The van der Waals surface area contributed by atoms with E-state index in [4.69, 9.17) is 5.11 Å². The summed E-state index contributed by atoms with van der Waals surface area (Å²) >= 11 is 0. The van der Waals surface area contributed by atoms with E-state index in [-0.39, 0.29) is 30.8 Å². The lowest BCUT2D eigenvalue weighted by molar-refractivity contribution is -0.137. The van der Waals surface area contributed by atoms with Crippen molar-refractivity contribution >= 4 is 17.9 Å². The van der Waals surface area contributed by atoms with Crippen LogP contribution < -0.4 is 10.6 Å². The van der Waals surface area contributed by atoms with Gasteiger partial charge in [0, 0.05) is 39.5 Å². The molecular weight excluding hydrogens is 238 g/mol. The molecule has 7 nitrogen and oxygen atoms in total. The van der Waals surface area contributed by atoms with Crippen LogP contribution in [0.4, 0.5) is 4.79 Å². The molecule has 7 heteroatoms. The summed E-state index contributed by atoms with van der Waals surface area (Å²) in [5.41, 5.74) is 0. The number of hydrogen-bond acceptors (Lipinski definition) is 3. The highest BCUT2D eigenvalue weighted by molar-refractivity contribution is 5.78. The van der Waals surface area contributed by atoms with Gasteiger partial charge in [-0.25, -0.2) is 4.79 Å². The maximum atomic E-state index is 11.6. The fourth-order valence-corrected chi connectivity index (χ4v) is 1.23. The molecule has 0 bridgehead atoms. The Balaban J connectivity index is 3.92. The summed E-state index contributed by atoms with van der Waals surface area (Å²) in [6, 6.07) is -0.521. The van der Waals surface area contributed by atoms with Crippen molar-refractivity contribution < 1.29 is 19.5 Å². The molecule has 0 rings (SSSR count). The fourth-order valence-electron chi connectivity index (χ4n) is 1.23. The molecular formula is C11H21N3O4. The molecule has 1 unspecified atom stereocenters. The number of carbonyl (C=O) groups is 3. The highest BCUT2D eigenvalue weighted by Crippen LogP contribution is 1.98. The number of aliphatic carboxylic acids is 1. The minimum Gasteiger partial charge on any atom is -0.481 e. The van der Waals surface area contributed by atoms with E-state index in [1.807, 2.05) is 0 Å². The predicted octanol–water partition coefficient (Wildman–Crippen LogP) is 0.0172. The van der Waals surface area contributed by atoms with E-state index in [9.17, 15) is 14.4 Å². The number of carbonyl (C=O) groups excluding carboxylic acids is 2. The Morgan fingerprint density at radius 2 is 1.89 bits per heavy atom. The van der Waals surface area contributed by atoms with E-state index >= 15 is 0 Å². The van der Waals surface area contributed by atoms with Crippen LogP contribution in [0, 0.1) is 0 Å². The first kappa shape index (κ1) is 16.2. The molecule has 3 amide bonds. The number of carboxylic acid groups (broad SMARTS) is 1. The van der Waals surface area contributed by atoms with Crippen LogP contribution in [0.1, 0.15) is 26.2 Å². The average Bonchev–Trinajstić information content (AvgIpc) is 2.32. The highest BCUT2D eigenvalue weighted by Gasteiger charge is 2.13. The minimum absolute atomic E-state index is 0.0173. The number of nitrogens with zero attached hydrogens (tertiary/aromatic N) is 1.